The van der Waals surface area contributed by atoms with E-state index >= 15 is 0 Å². The Morgan fingerprint density at radius 3 is 2.64 bits per heavy atom. The molecular weight excluding hydrogens is 184 g/mol. The van der Waals surface area contributed by atoms with Crippen LogP contribution in [0, 0.1) is 6.92 Å². The van der Waals surface area contributed by atoms with Crippen LogP contribution in [0.4, 0.5) is 0 Å². The number of carboxylic acid groups (broad SMARTS) is 1. The molecule has 0 radical (unpaired) electrons. The van der Waals surface area contributed by atoms with Crippen LogP contribution in [0.3, 0.4) is 0 Å². The molecule has 0 heterocycles. The number of methoxy groups -OCH3 is 1. The van der Waals surface area contributed by atoms with Crippen molar-refractivity contribution in [3.8, 4) is 5.75 Å². The van der Waals surface area contributed by atoms with Crippen molar-refractivity contribution in [2.45, 2.75) is 13.0 Å². The molecular formula is C10H12O4. The van der Waals surface area contributed by atoms with Crippen LogP contribution in [0.2, 0.25) is 0 Å². The van der Waals surface area contributed by atoms with E-state index in [1.807, 2.05) is 0 Å². The molecule has 0 bridgehead atoms. The number of carbonyl (C=O) groups is 1. The summed E-state index contributed by atoms with van der Waals surface area (Å²) in [4.78, 5) is 10.6. The lowest BCUT2D eigenvalue weighted by molar-refractivity contribution is -0.147. The fraction of sp³-hybridized carbons (Fsp3) is 0.300. The molecule has 1 rings (SSSR count). The lowest BCUT2D eigenvalue weighted by Gasteiger charge is -2.13. The molecule has 0 aliphatic heterocycles. The smallest absolute Gasteiger partial charge is 0.337 e. The largest absolute Gasteiger partial charge is 0.496 e. The Bertz CT molecular complexity index is 346. The third-order valence-corrected chi connectivity index (χ3v) is 2.01. The van der Waals surface area contributed by atoms with E-state index in [4.69, 9.17) is 9.84 Å². The van der Waals surface area contributed by atoms with Crippen molar-refractivity contribution >= 4 is 5.97 Å². The first-order valence-corrected chi connectivity index (χ1v) is 4.12. The van der Waals surface area contributed by atoms with Crippen LogP contribution in [0.15, 0.2) is 18.2 Å². The number of carboxylic acids is 1. The maximum atomic E-state index is 10.6. The van der Waals surface area contributed by atoms with E-state index in [0.29, 0.717) is 16.9 Å². The van der Waals surface area contributed by atoms with Crippen molar-refractivity contribution in [1.29, 1.82) is 0 Å². The van der Waals surface area contributed by atoms with Gasteiger partial charge in [0.2, 0.25) is 0 Å². The molecule has 2 N–H and O–H groups in total. The summed E-state index contributed by atoms with van der Waals surface area (Å²) in [5, 5.41) is 18.1. The Hall–Kier alpha value is -1.55. The van der Waals surface area contributed by atoms with Gasteiger partial charge in [-0.3, -0.25) is 0 Å². The van der Waals surface area contributed by atoms with Gasteiger partial charge in [-0.05, 0) is 18.6 Å². The summed E-state index contributed by atoms with van der Waals surface area (Å²) in [6.07, 6.45) is -1.54. The number of benzene rings is 1. The number of hydrogen-bond donors (Lipinski definition) is 2. The second-order valence-corrected chi connectivity index (χ2v) is 2.93. The highest BCUT2D eigenvalue weighted by atomic mass is 16.5. The lowest BCUT2D eigenvalue weighted by Crippen LogP contribution is -2.13. The van der Waals surface area contributed by atoms with E-state index in [9.17, 15) is 9.90 Å². The number of aliphatic hydroxyl groups is 1. The number of aliphatic carboxylic acids is 1. The zero-order valence-electron chi connectivity index (χ0n) is 8.02. The van der Waals surface area contributed by atoms with E-state index in [0.717, 1.165) is 0 Å². The van der Waals surface area contributed by atoms with E-state index in [1.54, 1.807) is 25.1 Å². The van der Waals surface area contributed by atoms with Gasteiger partial charge in [0.15, 0.2) is 6.10 Å². The molecule has 0 amide bonds. The van der Waals surface area contributed by atoms with Gasteiger partial charge in [0.25, 0.3) is 0 Å². The molecule has 1 atom stereocenters. The summed E-state index contributed by atoms with van der Waals surface area (Å²) in [5.41, 5.74) is 1.00. The van der Waals surface area contributed by atoms with Crippen LogP contribution in [0.25, 0.3) is 0 Å². The maximum Gasteiger partial charge on any atom is 0.337 e. The minimum atomic E-state index is -1.54. The molecule has 0 aliphatic rings. The van der Waals surface area contributed by atoms with Gasteiger partial charge in [-0.25, -0.2) is 4.79 Å². The normalized spacial score (nSPS) is 12.2. The third-order valence-electron chi connectivity index (χ3n) is 2.01. The summed E-state index contributed by atoms with van der Waals surface area (Å²) >= 11 is 0. The summed E-state index contributed by atoms with van der Waals surface area (Å²) in [5.74, 6) is -0.891. The topological polar surface area (TPSA) is 66.8 Å². The first-order chi connectivity index (χ1) is 6.57. The summed E-state index contributed by atoms with van der Waals surface area (Å²) in [6.45, 7) is 1.73. The van der Waals surface area contributed by atoms with Gasteiger partial charge < -0.3 is 14.9 Å². The Kier molecular flexibility index (Phi) is 3.09. The highest BCUT2D eigenvalue weighted by Gasteiger charge is 2.21. The van der Waals surface area contributed by atoms with Crippen LogP contribution >= 0.6 is 0 Å². The van der Waals surface area contributed by atoms with Gasteiger partial charge >= 0.3 is 5.97 Å². The molecule has 1 unspecified atom stereocenters. The molecule has 4 heteroatoms. The second-order valence-electron chi connectivity index (χ2n) is 2.93. The predicted octanol–water partition coefficient (Wildman–Crippen LogP) is 1.12. The van der Waals surface area contributed by atoms with Crippen LogP contribution in [-0.4, -0.2) is 23.3 Å². The van der Waals surface area contributed by atoms with E-state index in [-0.39, 0.29) is 0 Å². The molecule has 76 valence electrons. The number of hydrogen-bond acceptors (Lipinski definition) is 3. The highest BCUT2D eigenvalue weighted by Crippen LogP contribution is 2.28. The minimum absolute atomic E-state index is 0.308. The van der Waals surface area contributed by atoms with Gasteiger partial charge in [-0.15, -0.1) is 0 Å². The summed E-state index contributed by atoms with van der Waals surface area (Å²) < 4.78 is 4.97. The molecule has 0 saturated heterocycles. The number of aryl methyl sites for hydroxylation is 1. The zero-order chi connectivity index (χ0) is 10.7. The van der Waals surface area contributed by atoms with Crippen molar-refractivity contribution < 1.29 is 19.7 Å². The molecule has 0 aliphatic carbocycles. The van der Waals surface area contributed by atoms with Gasteiger partial charge in [0, 0.05) is 5.56 Å². The lowest BCUT2D eigenvalue weighted by atomic mass is 10.0. The fourth-order valence-corrected chi connectivity index (χ4v) is 1.31. The highest BCUT2D eigenvalue weighted by molar-refractivity contribution is 5.75. The van der Waals surface area contributed by atoms with E-state index in [1.165, 1.54) is 7.11 Å². The van der Waals surface area contributed by atoms with Crippen LogP contribution in [0.5, 0.6) is 5.75 Å². The van der Waals surface area contributed by atoms with Crippen molar-refractivity contribution in [2.24, 2.45) is 0 Å². The molecule has 0 saturated carbocycles. The SMILES string of the molecule is COc1cccc(C)c1C(O)C(=O)O. The predicted molar refractivity (Wildman–Crippen MR) is 50.3 cm³/mol. The number of ether oxygens (including phenoxy) is 1. The van der Waals surface area contributed by atoms with Crippen LogP contribution in [-0.2, 0) is 4.79 Å². The second kappa shape index (κ2) is 4.11. The summed E-state index contributed by atoms with van der Waals surface area (Å²) in [6, 6.07) is 5.09. The average Bonchev–Trinajstić information content (AvgIpc) is 2.16. The van der Waals surface area contributed by atoms with Crippen LogP contribution in [0.1, 0.15) is 17.2 Å². The maximum absolute atomic E-state index is 10.6. The molecule has 4 nitrogen and oxygen atoms in total. The molecule has 1 aromatic rings. The summed E-state index contributed by atoms with van der Waals surface area (Å²) in [7, 11) is 1.44. The van der Waals surface area contributed by atoms with E-state index in [2.05, 4.69) is 0 Å². The molecule has 14 heavy (non-hydrogen) atoms. The fourth-order valence-electron chi connectivity index (χ4n) is 1.31. The first-order valence-electron chi connectivity index (χ1n) is 4.12. The molecule has 0 aromatic heterocycles. The number of rotatable bonds is 3. The van der Waals surface area contributed by atoms with Crippen LogP contribution < -0.4 is 4.74 Å². The van der Waals surface area contributed by atoms with Crippen molar-refractivity contribution in [2.75, 3.05) is 7.11 Å². The molecule has 1 aromatic carbocycles. The van der Waals surface area contributed by atoms with Gasteiger partial charge in [-0.2, -0.15) is 0 Å². The number of aliphatic hydroxyl groups excluding tert-OH is 1. The Balaban J connectivity index is 3.23. The molecule has 0 spiro atoms. The quantitative estimate of drug-likeness (QED) is 0.760. The van der Waals surface area contributed by atoms with Gasteiger partial charge in [0.05, 0.1) is 7.11 Å². The van der Waals surface area contributed by atoms with Gasteiger partial charge in [0.1, 0.15) is 5.75 Å². The zero-order valence-corrected chi connectivity index (χ0v) is 8.02. The standard InChI is InChI=1S/C10H12O4/c1-6-4-3-5-7(14-2)8(6)9(11)10(12)13/h3-5,9,11H,1-2H3,(H,12,13). The third kappa shape index (κ3) is 1.85. The van der Waals surface area contributed by atoms with Crippen molar-refractivity contribution in [3.05, 3.63) is 29.3 Å². The van der Waals surface area contributed by atoms with Gasteiger partial charge in [-0.1, -0.05) is 12.1 Å². The average molecular weight is 196 g/mol. The Labute approximate surface area is 81.8 Å². The molecule has 0 fully saturated rings. The minimum Gasteiger partial charge on any atom is -0.496 e. The first kappa shape index (κ1) is 10.5. The van der Waals surface area contributed by atoms with E-state index < -0.39 is 12.1 Å². The Morgan fingerprint density at radius 1 is 1.50 bits per heavy atom. The monoisotopic (exact) mass is 196 g/mol. The van der Waals surface area contributed by atoms with Crippen molar-refractivity contribution in [1.82, 2.24) is 0 Å². The van der Waals surface area contributed by atoms with Crippen molar-refractivity contribution in [3.63, 3.8) is 0 Å². The Morgan fingerprint density at radius 2 is 2.14 bits per heavy atom.